The molecule has 0 aliphatic rings. The summed E-state index contributed by atoms with van der Waals surface area (Å²) in [5.41, 5.74) is 6.88. The molecule has 2 aromatic rings. The van der Waals surface area contributed by atoms with Crippen LogP contribution in [0.25, 0.3) is 0 Å². The van der Waals surface area contributed by atoms with E-state index in [4.69, 9.17) is 14.8 Å². The summed E-state index contributed by atoms with van der Waals surface area (Å²) in [7, 11) is -2.40. The van der Waals surface area contributed by atoms with Gasteiger partial charge in [0.1, 0.15) is 18.4 Å². The number of likely N-dealkylation sites (N-methyl/N-ethyl adjacent to an activating group) is 1. The molecule has 14 heteroatoms. The van der Waals surface area contributed by atoms with Crippen LogP contribution in [0.2, 0.25) is 0 Å². The Bertz CT molecular complexity index is 1220. The predicted molar refractivity (Wildman–Crippen MR) is 169 cm³/mol. The van der Waals surface area contributed by atoms with E-state index < -0.39 is 48.2 Å². The van der Waals surface area contributed by atoms with Crippen molar-refractivity contribution in [1.29, 1.82) is 0 Å². The lowest BCUT2D eigenvalue weighted by molar-refractivity contribution is -0.352. The number of carbonyl (C=O) groups excluding carboxylic acids is 2. The van der Waals surface area contributed by atoms with Crippen LogP contribution in [0.15, 0.2) is 65.7 Å². The summed E-state index contributed by atoms with van der Waals surface area (Å²) in [4.78, 5) is 39.8. The molecule has 0 radical (unpaired) electrons. The SMILES string of the molecule is CC[C@H](N[C@@H](CC(C)C)C(=O)N[C@@H](CCCN=C(N)[N+](=O)[O-])C(=O)NC)P(=O)(OCc1ccccc1)OCc1ccccc1. The van der Waals surface area contributed by atoms with Crippen molar-refractivity contribution >= 4 is 25.4 Å². The Balaban J connectivity index is 2.25. The van der Waals surface area contributed by atoms with Gasteiger partial charge in [0.25, 0.3) is 0 Å². The van der Waals surface area contributed by atoms with Crippen molar-refractivity contribution in [2.75, 3.05) is 13.6 Å². The van der Waals surface area contributed by atoms with E-state index in [1.165, 1.54) is 7.05 Å². The Kier molecular flexibility index (Phi) is 15.7. The average Bonchev–Trinajstić information content (AvgIpc) is 3.02. The lowest BCUT2D eigenvalue weighted by atomic mass is 10.0. The van der Waals surface area contributed by atoms with Gasteiger partial charge >= 0.3 is 13.6 Å². The van der Waals surface area contributed by atoms with Crippen molar-refractivity contribution in [2.24, 2.45) is 16.6 Å². The second-order valence-electron chi connectivity index (χ2n) is 10.6. The summed E-state index contributed by atoms with van der Waals surface area (Å²) in [5, 5.41) is 19.2. The third-order valence-electron chi connectivity index (χ3n) is 6.68. The first-order chi connectivity index (χ1) is 21.0. The first kappa shape index (κ1) is 36.6. The van der Waals surface area contributed by atoms with Gasteiger partial charge in [-0.3, -0.25) is 25.2 Å². The average molecular weight is 633 g/mol. The third-order valence-corrected chi connectivity index (χ3v) is 8.94. The number of nitrogens with two attached hydrogens (primary N) is 1. The molecule has 3 atom stereocenters. The van der Waals surface area contributed by atoms with E-state index in [1.807, 2.05) is 81.4 Å². The molecule has 0 heterocycles. The van der Waals surface area contributed by atoms with E-state index in [9.17, 15) is 24.3 Å². The van der Waals surface area contributed by atoms with Gasteiger partial charge in [0.15, 0.2) is 0 Å². The molecular formula is C30H45N6O7P. The minimum absolute atomic E-state index is 0.0163. The highest BCUT2D eigenvalue weighted by Crippen LogP contribution is 2.54. The normalized spacial score (nSPS) is 14.1. The summed E-state index contributed by atoms with van der Waals surface area (Å²) >= 11 is 0. The van der Waals surface area contributed by atoms with E-state index in [0.29, 0.717) is 12.8 Å². The van der Waals surface area contributed by atoms with E-state index in [0.717, 1.165) is 11.1 Å². The van der Waals surface area contributed by atoms with Gasteiger partial charge in [-0.15, -0.1) is 4.99 Å². The molecule has 0 aliphatic heterocycles. The molecule has 0 saturated heterocycles. The topological polar surface area (TPSA) is 187 Å². The van der Waals surface area contributed by atoms with Gasteiger partial charge < -0.3 is 29.8 Å². The summed E-state index contributed by atoms with van der Waals surface area (Å²) in [5.74, 6) is -2.36. The van der Waals surface area contributed by atoms with Crippen molar-refractivity contribution in [3.63, 3.8) is 0 Å². The first-order valence-corrected chi connectivity index (χ1v) is 16.3. The molecule has 2 aromatic carbocycles. The molecule has 242 valence electrons. The zero-order valence-corrected chi connectivity index (χ0v) is 26.7. The molecule has 2 amide bonds. The number of guanidine groups is 1. The van der Waals surface area contributed by atoms with Crippen molar-refractivity contribution < 1.29 is 28.1 Å². The Morgan fingerprint density at radius 3 is 1.98 bits per heavy atom. The number of amides is 2. The van der Waals surface area contributed by atoms with Gasteiger partial charge in [0, 0.05) is 7.05 Å². The van der Waals surface area contributed by atoms with Crippen LogP contribution in [0.3, 0.4) is 0 Å². The van der Waals surface area contributed by atoms with E-state index in [1.54, 1.807) is 0 Å². The van der Waals surface area contributed by atoms with Crippen LogP contribution in [-0.4, -0.2) is 54.2 Å². The van der Waals surface area contributed by atoms with E-state index in [2.05, 4.69) is 20.9 Å². The maximum atomic E-state index is 14.4. The van der Waals surface area contributed by atoms with E-state index in [-0.39, 0.29) is 38.5 Å². The van der Waals surface area contributed by atoms with E-state index >= 15 is 0 Å². The molecule has 0 unspecified atom stereocenters. The van der Waals surface area contributed by atoms with Gasteiger partial charge in [-0.2, -0.15) is 0 Å². The number of nitrogens with zero attached hydrogens (tertiary/aromatic N) is 2. The number of rotatable bonds is 19. The smallest absolute Gasteiger partial charge is 0.390 e. The van der Waals surface area contributed by atoms with Gasteiger partial charge in [0.2, 0.25) is 11.8 Å². The summed E-state index contributed by atoms with van der Waals surface area (Å²) < 4.78 is 26.5. The molecular weight excluding hydrogens is 587 g/mol. The molecule has 2 rings (SSSR count). The zero-order valence-electron chi connectivity index (χ0n) is 25.8. The summed E-state index contributed by atoms with van der Waals surface area (Å²) in [6, 6.07) is 16.9. The third kappa shape index (κ3) is 12.5. The fraction of sp³-hybridized carbons (Fsp3) is 0.500. The summed E-state index contributed by atoms with van der Waals surface area (Å²) in [6.07, 6.45) is 1.15. The Morgan fingerprint density at radius 2 is 1.52 bits per heavy atom. The molecule has 0 spiro atoms. The molecule has 0 aromatic heterocycles. The van der Waals surface area contributed by atoms with Crippen molar-refractivity contribution in [3.05, 3.63) is 81.9 Å². The highest BCUT2D eigenvalue weighted by atomic mass is 31.2. The summed E-state index contributed by atoms with van der Waals surface area (Å²) in [6.45, 7) is 5.85. The Hall–Kier alpha value is -3.64. The van der Waals surface area contributed by atoms with Crippen LogP contribution in [0.5, 0.6) is 0 Å². The predicted octanol–water partition coefficient (Wildman–Crippen LogP) is 3.96. The molecule has 0 aliphatic carbocycles. The number of carbonyl (C=O) groups is 2. The molecule has 0 saturated carbocycles. The monoisotopic (exact) mass is 632 g/mol. The fourth-order valence-corrected chi connectivity index (χ4v) is 6.25. The van der Waals surface area contributed by atoms with Crippen LogP contribution in [-0.2, 0) is 36.4 Å². The largest absolute Gasteiger partial charge is 0.420 e. The van der Waals surface area contributed by atoms with Crippen molar-refractivity contribution in [1.82, 2.24) is 16.0 Å². The number of hydrogen-bond donors (Lipinski definition) is 4. The van der Waals surface area contributed by atoms with Crippen LogP contribution >= 0.6 is 7.60 Å². The van der Waals surface area contributed by atoms with Crippen molar-refractivity contribution in [2.45, 2.75) is 77.5 Å². The highest BCUT2D eigenvalue weighted by molar-refractivity contribution is 7.54. The number of nitrogens with one attached hydrogen (secondary N) is 3. The number of hydrogen-bond acceptors (Lipinski definition) is 9. The van der Waals surface area contributed by atoms with Gasteiger partial charge in [-0.05, 0) is 47.7 Å². The standard InChI is InChI=1S/C30H45N6O7P/c1-5-27(44(41,42-20-23-13-8-6-9-14-23)43-21-24-15-10-7-11-16-24)34-26(19-22(2)3)29(38)35-25(28(37)32-4)17-12-18-33-30(31)36(39)40/h6-11,13-16,22,25-27,34H,5,12,17-21H2,1-4H3,(H2,31,33)(H,32,37)(H,35,38)/t25-,26-,27+/m0/s1. The minimum atomic E-state index is -3.85. The second-order valence-corrected chi connectivity index (χ2v) is 12.9. The highest BCUT2D eigenvalue weighted by Gasteiger charge is 2.38. The number of benzene rings is 2. The molecule has 0 bridgehead atoms. The van der Waals surface area contributed by atoms with Crippen molar-refractivity contribution in [3.8, 4) is 0 Å². The van der Waals surface area contributed by atoms with Crippen LogP contribution in [0, 0.1) is 16.0 Å². The first-order valence-electron chi connectivity index (χ1n) is 14.7. The van der Waals surface area contributed by atoms with Gasteiger partial charge in [0.05, 0.1) is 19.3 Å². The number of aliphatic imine (C=N–C) groups is 1. The lowest BCUT2D eigenvalue weighted by Gasteiger charge is -2.31. The minimum Gasteiger partial charge on any atom is -0.390 e. The number of nitro groups is 1. The Labute approximate surface area is 259 Å². The quantitative estimate of drug-likeness (QED) is 0.0444. The van der Waals surface area contributed by atoms with Gasteiger partial charge in [-0.1, -0.05) is 81.4 Å². The molecule has 0 fully saturated rings. The fourth-order valence-electron chi connectivity index (χ4n) is 4.34. The Morgan fingerprint density at radius 1 is 0.977 bits per heavy atom. The van der Waals surface area contributed by atoms with Crippen LogP contribution in [0.4, 0.5) is 0 Å². The maximum absolute atomic E-state index is 14.4. The molecule has 13 nitrogen and oxygen atoms in total. The molecule has 44 heavy (non-hydrogen) atoms. The van der Waals surface area contributed by atoms with Gasteiger partial charge in [-0.25, -0.2) is 0 Å². The lowest BCUT2D eigenvalue weighted by Crippen LogP contribution is -2.54. The zero-order chi connectivity index (χ0) is 32.5. The van der Waals surface area contributed by atoms with Crippen LogP contribution in [0.1, 0.15) is 57.6 Å². The molecule has 5 N–H and O–H groups in total. The second kappa shape index (κ2) is 18.9. The maximum Gasteiger partial charge on any atom is 0.420 e. The van der Waals surface area contributed by atoms with Crippen LogP contribution < -0.4 is 21.7 Å².